The van der Waals surface area contributed by atoms with Crippen LogP contribution in [0.3, 0.4) is 0 Å². The minimum Gasteiger partial charge on any atom is -0.481 e. The first-order valence-corrected chi connectivity index (χ1v) is 24.3. The van der Waals surface area contributed by atoms with Crippen molar-refractivity contribution in [3.05, 3.63) is 106 Å². The zero-order chi connectivity index (χ0) is 42.9. The number of nitrogens with one attached hydrogen (secondary N) is 4. The van der Waals surface area contributed by atoms with E-state index in [-0.39, 0.29) is 54.3 Å². The molecule has 2 amide bonds. The van der Waals surface area contributed by atoms with Crippen molar-refractivity contribution >= 4 is 85.0 Å². The topological polar surface area (TPSA) is 269 Å². The molecule has 308 valence electrons. The van der Waals surface area contributed by atoms with Gasteiger partial charge in [0.1, 0.15) is 6.04 Å². The number of aliphatic carboxylic acids is 2. The molecule has 3 aromatic carbocycles. The van der Waals surface area contributed by atoms with Gasteiger partial charge < -0.3 is 36.0 Å². The highest BCUT2D eigenvalue weighted by Crippen LogP contribution is 2.23. The molecule has 0 fully saturated rings. The third-order valence-electron chi connectivity index (χ3n) is 9.66. The molecule has 0 aliphatic rings. The fraction of sp³-hybridized carbons (Fsp3) is 0.275. The Morgan fingerprint density at radius 3 is 2.10 bits per heavy atom. The number of rotatable bonds is 19. The van der Waals surface area contributed by atoms with Crippen LogP contribution in [0, 0.1) is 0 Å². The maximum Gasteiger partial charge on any atom is 0.326 e. The summed E-state index contributed by atoms with van der Waals surface area (Å²) in [4.78, 5) is 88.0. The Labute approximate surface area is 341 Å². The predicted octanol–water partition coefficient (Wildman–Crippen LogP) is 3.49. The number of aromatic nitrogens is 4. The minimum atomic E-state index is -2.74. The number of ketones is 1. The average Bonchev–Trinajstić information content (AvgIpc) is 3.18. The molecule has 19 heteroatoms. The van der Waals surface area contributed by atoms with Crippen LogP contribution in [0.5, 0.6) is 0 Å². The summed E-state index contributed by atoms with van der Waals surface area (Å²) in [6, 6.07) is 20.1. The molecule has 0 bridgehead atoms. The number of H-pyrrole nitrogens is 1. The second-order valence-electron chi connectivity index (χ2n) is 14.7. The van der Waals surface area contributed by atoms with Crippen molar-refractivity contribution in [1.82, 2.24) is 25.3 Å². The van der Waals surface area contributed by atoms with Crippen LogP contribution in [0.25, 0.3) is 11.2 Å². The zero-order valence-corrected chi connectivity index (χ0v) is 35.0. The summed E-state index contributed by atoms with van der Waals surface area (Å²) in [6.07, 6.45) is 1.52. The normalized spacial score (nSPS) is 12.9. The van der Waals surface area contributed by atoms with Gasteiger partial charge in [-0.3, -0.25) is 29.0 Å². The molecular formula is C40H46N8O9Si2. The maximum atomic E-state index is 13.0. The predicted molar refractivity (Wildman–Crippen MR) is 227 cm³/mol. The van der Waals surface area contributed by atoms with E-state index < -0.39 is 52.0 Å². The van der Waals surface area contributed by atoms with Gasteiger partial charge >= 0.3 is 11.9 Å². The second kappa shape index (κ2) is 18.8. The number of amides is 2. The SMILES string of the molecule is CC(=O)c1ccc([Si](C)(C)O[Si](C)(CCCC(=O)O)c2ccc(NC(=O)CC[C@H](NC(=O)c3ccc(NCc4cnc5nc(N)[nH]c(=O)c5n4)cc3)C(=O)O)cc2)cc1. The van der Waals surface area contributed by atoms with Crippen molar-refractivity contribution in [3.63, 3.8) is 0 Å². The number of anilines is 3. The number of hydrogen-bond donors (Lipinski definition) is 7. The van der Waals surface area contributed by atoms with E-state index in [2.05, 4.69) is 55.5 Å². The lowest BCUT2D eigenvalue weighted by Gasteiger charge is -2.37. The third kappa shape index (κ3) is 11.7. The Balaban J connectivity index is 1.15. The Bertz CT molecular complexity index is 2410. The number of nitrogen functional groups attached to an aromatic ring is 1. The lowest BCUT2D eigenvalue weighted by Crippen LogP contribution is -2.59. The molecule has 17 nitrogen and oxygen atoms in total. The van der Waals surface area contributed by atoms with E-state index >= 15 is 0 Å². The number of carbonyl (C=O) groups is 5. The van der Waals surface area contributed by atoms with Crippen molar-refractivity contribution < 1.29 is 38.3 Å². The standard InChI is InChI=1S/C40H46N8O9Si2/c1-24(49)25-9-15-30(16-10-25)58(2,3)57-59(4,21-5-6-34(51)52)31-17-13-28(14-18-31)44-33(50)20-19-32(39(55)56)46-37(53)26-7-11-27(12-8-26)42-22-29-23-43-36-35(45-29)38(54)48-40(41)47-36/h7-18,23,32,42H,5-6,19-22H2,1-4H3,(H,44,50)(H,46,53)(H,51,52)(H,55,56)(H3,41,43,47,48,54)/t32-,59?/m0/s1. The molecule has 0 spiro atoms. The second-order valence-corrected chi connectivity index (χ2v) is 22.6. The highest BCUT2D eigenvalue weighted by atomic mass is 28.4. The fourth-order valence-corrected chi connectivity index (χ4v) is 15.3. The summed E-state index contributed by atoms with van der Waals surface area (Å²) in [5.41, 5.74) is 7.56. The molecule has 2 aromatic heterocycles. The number of hydrogen-bond acceptors (Lipinski definition) is 12. The Hall–Kier alpha value is -6.58. The van der Waals surface area contributed by atoms with Gasteiger partial charge in [0.05, 0.1) is 18.4 Å². The number of carboxylic acids is 2. The van der Waals surface area contributed by atoms with Gasteiger partial charge in [-0.2, -0.15) is 4.98 Å². The Kier molecular flexibility index (Phi) is 13.9. The van der Waals surface area contributed by atoms with Crippen molar-refractivity contribution in [2.45, 2.75) is 70.9 Å². The summed E-state index contributed by atoms with van der Waals surface area (Å²) < 4.78 is 7.00. The number of benzene rings is 3. The molecule has 0 radical (unpaired) electrons. The maximum absolute atomic E-state index is 13.0. The molecule has 0 aliphatic heterocycles. The summed E-state index contributed by atoms with van der Waals surface area (Å²) in [5, 5.41) is 29.4. The van der Waals surface area contributed by atoms with Gasteiger partial charge in [-0.25, -0.2) is 14.8 Å². The molecule has 5 aromatic rings. The van der Waals surface area contributed by atoms with Crippen LogP contribution in [0.4, 0.5) is 17.3 Å². The molecule has 2 heterocycles. The van der Waals surface area contributed by atoms with Crippen LogP contribution in [-0.2, 0) is 25.0 Å². The lowest BCUT2D eigenvalue weighted by molar-refractivity contribution is -0.139. The van der Waals surface area contributed by atoms with Crippen molar-refractivity contribution in [2.75, 3.05) is 16.4 Å². The molecule has 2 atom stereocenters. The van der Waals surface area contributed by atoms with Crippen LogP contribution < -0.4 is 37.6 Å². The quantitative estimate of drug-likeness (QED) is 0.0464. The summed E-state index contributed by atoms with van der Waals surface area (Å²) in [5.74, 6) is -3.36. The highest BCUT2D eigenvalue weighted by molar-refractivity contribution is 6.97. The zero-order valence-electron chi connectivity index (χ0n) is 33.0. The van der Waals surface area contributed by atoms with E-state index in [9.17, 15) is 39.0 Å². The third-order valence-corrected chi connectivity index (χ3v) is 18.1. The monoisotopic (exact) mass is 838 g/mol. The summed E-state index contributed by atoms with van der Waals surface area (Å²) in [7, 11) is -5.27. The number of aromatic amines is 1. The van der Waals surface area contributed by atoms with Crippen LogP contribution in [-0.4, -0.2) is 82.4 Å². The number of carboxylic acid groups (broad SMARTS) is 2. The fourth-order valence-electron chi connectivity index (χ4n) is 6.45. The first kappa shape index (κ1) is 43.5. The summed E-state index contributed by atoms with van der Waals surface area (Å²) >= 11 is 0. The first-order chi connectivity index (χ1) is 27.9. The van der Waals surface area contributed by atoms with Crippen LogP contribution >= 0.6 is 0 Å². The van der Waals surface area contributed by atoms with E-state index in [1.807, 2.05) is 24.3 Å². The molecule has 0 saturated heterocycles. The number of Topliss-reactive ketones (excluding diaryl/α,β-unsaturated/α-hetero) is 1. The van der Waals surface area contributed by atoms with Crippen molar-refractivity contribution in [3.8, 4) is 0 Å². The molecule has 59 heavy (non-hydrogen) atoms. The van der Waals surface area contributed by atoms with E-state index in [0.29, 0.717) is 35.1 Å². The van der Waals surface area contributed by atoms with Crippen LogP contribution in [0.2, 0.25) is 25.7 Å². The van der Waals surface area contributed by atoms with Crippen molar-refractivity contribution in [1.29, 1.82) is 0 Å². The van der Waals surface area contributed by atoms with Gasteiger partial charge in [-0.15, -0.1) is 0 Å². The van der Waals surface area contributed by atoms with Gasteiger partial charge in [0.25, 0.3) is 11.5 Å². The number of nitrogens with two attached hydrogens (primary N) is 1. The number of nitrogens with zero attached hydrogens (tertiary/aromatic N) is 3. The molecule has 8 N–H and O–H groups in total. The number of carbonyl (C=O) groups excluding carboxylic acids is 3. The van der Waals surface area contributed by atoms with Gasteiger partial charge in [-0.05, 0) is 92.2 Å². The van der Waals surface area contributed by atoms with Gasteiger partial charge in [0, 0.05) is 35.3 Å². The molecule has 5 rings (SSSR count). The number of fused-ring (bicyclic) bond motifs is 1. The van der Waals surface area contributed by atoms with Crippen LogP contribution in [0.1, 0.15) is 59.0 Å². The molecule has 0 saturated carbocycles. The molecule has 1 unspecified atom stereocenters. The van der Waals surface area contributed by atoms with Gasteiger partial charge in [0.15, 0.2) is 16.9 Å². The minimum absolute atomic E-state index is 0.00193. The van der Waals surface area contributed by atoms with E-state index in [1.54, 1.807) is 36.4 Å². The van der Waals surface area contributed by atoms with E-state index in [0.717, 1.165) is 10.4 Å². The summed E-state index contributed by atoms with van der Waals surface area (Å²) in [6.45, 7) is 7.91. The Morgan fingerprint density at radius 1 is 0.847 bits per heavy atom. The van der Waals surface area contributed by atoms with E-state index in [1.165, 1.54) is 25.3 Å². The first-order valence-electron chi connectivity index (χ1n) is 18.8. The van der Waals surface area contributed by atoms with Crippen molar-refractivity contribution in [2.24, 2.45) is 0 Å². The molecular weight excluding hydrogens is 793 g/mol. The lowest BCUT2D eigenvalue weighted by atomic mass is 10.1. The van der Waals surface area contributed by atoms with Crippen LogP contribution in [0.15, 0.2) is 83.8 Å². The average molecular weight is 839 g/mol. The molecule has 0 aliphatic carbocycles. The van der Waals surface area contributed by atoms with Gasteiger partial charge in [-0.1, -0.05) is 36.4 Å². The largest absolute Gasteiger partial charge is 0.481 e. The Morgan fingerprint density at radius 2 is 1.47 bits per heavy atom. The van der Waals surface area contributed by atoms with Gasteiger partial charge in [0.2, 0.25) is 28.5 Å². The highest BCUT2D eigenvalue weighted by Gasteiger charge is 2.39. The van der Waals surface area contributed by atoms with E-state index in [4.69, 9.17) is 9.85 Å². The smallest absolute Gasteiger partial charge is 0.326 e.